The molecule has 0 atom stereocenters. The zero-order valence-electron chi connectivity index (χ0n) is 10.1. The second-order valence-electron chi connectivity index (χ2n) is 3.60. The van der Waals surface area contributed by atoms with E-state index in [0.29, 0.717) is 10.8 Å². The lowest BCUT2D eigenvalue weighted by Gasteiger charge is -2.10. The van der Waals surface area contributed by atoms with Crippen LogP contribution in [0.1, 0.15) is 10.4 Å². The molecule has 98 valence electrons. The van der Waals surface area contributed by atoms with Crippen molar-refractivity contribution in [2.24, 2.45) is 0 Å². The van der Waals surface area contributed by atoms with Crippen molar-refractivity contribution in [1.82, 2.24) is 4.98 Å². The van der Waals surface area contributed by atoms with Gasteiger partial charge in [-0.05, 0) is 18.2 Å². The zero-order chi connectivity index (χ0) is 13.8. The van der Waals surface area contributed by atoms with Crippen LogP contribution in [-0.4, -0.2) is 18.1 Å². The number of esters is 1. The minimum absolute atomic E-state index is 0.106. The maximum absolute atomic E-state index is 11.5. The third-order valence-corrected chi connectivity index (χ3v) is 2.71. The molecule has 0 bridgehead atoms. The molecule has 0 aliphatic rings. The number of benzene rings is 1. The van der Waals surface area contributed by atoms with Gasteiger partial charge in [-0.1, -0.05) is 23.7 Å². The van der Waals surface area contributed by atoms with E-state index in [2.05, 4.69) is 9.72 Å². The molecular weight excluding hydrogens is 268 g/mol. The van der Waals surface area contributed by atoms with Gasteiger partial charge in [0.25, 0.3) is 0 Å². The zero-order valence-corrected chi connectivity index (χ0v) is 10.8. The first kappa shape index (κ1) is 13.2. The van der Waals surface area contributed by atoms with E-state index in [1.165, 1.54) is 19.4 Å². The molecule has 19 heavy (non-hydrogen) atoms. The molecule has 0 spiro atoms. The summed E-state index contributed by atoms with van der Waals surface area (Å²) in [6.07, 6.45) is 1.41. The molecule has 5 nitrogen and oxygen atoms in total. The minimum atomic E-state index is -0.552. The molecule has 0 amide bonds. The van der Waals surface area contributed by atoms with Crippen molar-refractivity contribution in [2.45, 2.75) is 0 Å². The van der Waals surface area contributed by atoms with E-state index < -0.39 is 5.97 Å². The van der Waals surface area contributed by atoms with E-state index in [-0.39, 0.29) is 17.1 Å². The van der Waals surface area contributed by atoms with Crippen molar-refractivity contribution in [3.05, 3.63) is 47.1 Å². The van der Waals surface area contributed by atoms with E-state index in [0.717, 1.165) is 0 Å². The van der Waals surface area contributed by atoms with Crippen LogP contribution in [0.3, 0.4) is 0 Å². The summed E-state index contributed by atoms with van der Waals surface area (Å²) in [5.74, 6) is -0.0368. The summed E-state index contributed by atoms with van der Waals surface area (Å²) in [4.78, 5) is 15.5. The number of carbonyl (C=O) groups excluding carboxylic acids is 1. The Morgan fingerprint density at radius 2 is 2.05 bits per heavy atom. The van der Waals surface area contributed by atoms with Gasteiger partial charge in [0.15, 0.2) is 0 Å². The molecule has 2 rings (SSSR count). The van der Waals surface area contributed by atoms with Gasteiger partial charge in [0.2, 0.25) is 5.88 Å². The summed E-state index contributed by atoms with van der Waals surface area (Å²) in [7, 11) is 1.27. The lowest BCUT2D eigenvalue weighted by atomic mass is 10.2. The molecule has 0 saturated carbocycles. The Morgan fingerprint density at radius 3 is 2.74 bits per heavy atom. The molecule has 6 heteroatoms. The number of nitrogens with zero attached hydrogens (tertiary/aromatic N) is 1. The van der Waals surface area contributed by atoms with Crippen LogP contribution in [0.5, 0.6) is 11.6 Å². The van der Waals surface area contributed by atoms with Crippen LogP contribution in [-0.2, 0) is 4.74 Å². The summed E-state index contributed by atoms with van der Waals surface area (Å²) >= 11 is 5.97. The number of aromatic nitrogens is 1. The van der Waals surface area contributed by atoms with Crippen LogP contribution in [0, 0.1) is 0 Å². The molecule has 0 radical (unpaired) electrons. The first-order chi connectivity index (χ1) is 9.13. The molecular formula is C13H11ClN2O3. The van der Waals surface area contributed by atoms with E-state index in [9.17, 15) is 4.79 Å². The van der Waals surface area contributed by atoms with Crippen LogP contribution in [0.25, 0.3) is 0 Å². The second-order valence-corrected chi connectivity index (χ2v) is 4.01. The molecule has 0 fully saturated rings. The van der Waals surface area contributed by atoms with E-state index in [4.69, 9.17) is 22.1 Å². The summed E-state index contributed by atoms with van der Waals surface area (Å²) in [6.45, 7) is 0. The molecule has 0 unspecified atom stereocenters. The number of hydrogen-bond acceptors (Lipinski definition) is 5. The standard InChI is InChI=1S/C13H11ClN2O3/c1-18-13(17)8-6-7-16-12(11(8)15)19-10-5-3-2-4-9(10)14/h2-7H,15H2,1H3. The number of para-hydroxylation sites is 1. The summed E-state index contributed by atoms with van der Waals surface area (Å²) in [5.41, 5.74) is 6.13. The van der Waals surface area contributed by atoms with Gasteiger partial charge in [0.05, 0.1) is 17.7 Å². The van der Waals surface area contributed by atoms with Crippen molar-refractivity contribution in [3.8, 4) is 11.6 Å². The van der Waals surface area contributed by atoms with Crippen LogP contribution in [0.15, 0.2) is 36.5 Å². The van der Waals surface area contributed by atoms with Gasteiger partial charge >= 0.3 is 5.97 Å². The van der Waals surface area contributed by atoms with Gasteiger partial charge in [-0.25, -0.2) is 9.78 Å². The van der Waals surface area contributed by atoms with Crippen LogP contribution < -0.4 is 10.5 Å². The number of nitrogens with two attached hydrogens (primary N) is 1. The monoisotopic (exact) mass is 278 g/mol. The average molecular weight is 279 g/mol. The predicted molar refractivity (Wildman–Crippen MR) is 71.5 cm³/mol. The highest BCUT2D eigenvalue weighted by Gasteiger charge is 2.15. The number of nitrogen functional groups attached to an aromatic ring is 1. The second kappa shape index (κ2) is 5.58. The molecule has 1 aromatic heterocycles. The fourth-order valence-corrected chi connectivity index (χ4v) is 1.63. The van der Waals surface area contributed by atoms with Crippen molar-refractivity contribution < 1.29 is 14.3 Å². The van der Waals surface area contributed by atoms with Crippen molar-refractivity contribution in [1.29, 1.82) is 0 Å². The summed E-state index contributed by atoms with van der Waals surface area (Å²) < 4.78 is 10.1. The number of carbonyl (C=O) groups is 1. The third-order valence-electron chi connectivity index (χ3n) is 2.40. The predicted octanol–water partition coefficient (Wildman–Crippen LogP) is 2.90. The maximum Gasteiger partial charge on any atom is 0.340 e. The topological polar surface area (TPSA) is 74.4 Å². The average Bonchev–Trinajstić information content (AvgIpc) is 2.42. The fraction of sp³-hybridized carbons (Fsp3) is 0.0769. The molecule has 0 aliphatic carbocycles. The number of anilines is 1. The largest absolute Gasteiger partial charge is 0.465 e. The number of rotatable bonds is 3. The lowest BCUT2D eigenvalue weighted by molar-refractivity contribution is 0.0601. The first-order valence-electron chi connectivity index (χ1n) is 5.38. The Morgan fingerprint density at radius 1 is 1.32 bits per heavy atom. The molecule has 2 aromatic rings. The Labute approximate surface area is 114 Å². The number of ether oxygens (including phenoxy) is 2. The first-order valence-corrected chi connectivity index (χ1v) is 5.76. The normalized spacial score (nSPS) is 10.0. The molecule has 1 heterocycles. The van der Waals surface area contributed by atoms with E-state index in [1.54, 1.807) is 24.3 Å². The number of halogens is 1. The van der Waals surface area contributed by atoms with Crippen molar-refractivity contribution in [3.63, 3.8) is 0 Å². The van der Waals surface area contributed by atoms with Gasteiger partial charge in [-0.2, -0.15) is 0 Å². The van der Waals surface area contributed by atoms with Gasteiger partial charge < -0.3 is 15.2 Å². The van der Waals surface area contributed by atoms with E-state index >= 15 is 0 Å². The van der Waals surface area contributed by atoms with Crippen LogP contribution >= 0.6 is 11.6 Å². The van der Waals surface area contributed by atoms with Crippen molar-refractivity contribution >= 4 is 23.3 Å². The van der Waals surface area contributed by atoms with Crippen molar-refractivity contribution in [2.75, 3.05) is 12.8 Å². The van der Waals surface area contributed by atoms with Crippen LogP contribution in [0.4, 0.5) is 5.69 Å². The molecule has 0 aliphatic heterocycles. The van der Waals surface area contributed by atoms with Gasteiger partial charge in [-0.3, -0.25) is 0 Å². The summed E-state index contributed by atoms with van der Waals surface area (Å²) in [5, 5.41) is 0.423. The Kier molecular flexibility index (Phi) is 3.87. The molecule has 2 N–H and O–H groups in total. The fourth-order valence-electron chi connectivity index (χ4n) is 1.45. The van der Waals surface area contributed by atoms with Gasteiger partial charge in [-0.15, -0.1) is 0 Å². The number of methoxy groups -OCH3 is 1. The van der Waals surface area contributed by atoms with Crippen LogP contribution in [0.2, 0.25) is 5.02 Å². The quantitative estimate of drug-likeness (QED) is 0.874. The van der Waals surface area contributed by atoms with E-state index in [1.807, 2.05) is 0 Å². The lowest BCUT2D eigenvalue weighted by Crippen LogP contribution is -2.07. The highest BCUT2D eigenvalue weighted by Crippen LogP contribution is 2.32. The Balaban J connectivity index is 2.37. The SMILES string of the molecule is COC(=O)c1ccnc(Oc2ccccc2Cl)c1N. The van der Waals surface area contributed by atoms with Gasteiger partial charge in [0.1, 0.15) is 11.4 Å². The smallest absolute Gasteiger partial charge is 0.340 e. The Bertz CT molecular complexity index is 617. The summed E-state index contributed by atoms with van der Waals surface area (Å²) in [6, 6.07) is 8.35. The molecule has 0 saturated heterocycles. The third kappa shape index (κ3) is 2.77. The van der Waals surface area contributed by atoms with Gasteiger partial charge in [0, 0.05) is 6.20 Å². The Hall–Kier alpha value is -2.27. The highest BCUT2D eigenvalue weighted by molar-refractivity contribution is 6.32. The number of hydrogen-bond donors (Lipinski definition) is 1. The molecule has 1 aromatic carbocycles. The minimum Gasteiger partial charge on any atom is -0.465 e. The highest BCUT2D eigenvalue weighted by atomic mass is 35.5. The maximum atomic E-state index is 11.5. The number of pyridine rings is 1.